The minimum atomic E-state index is 0.267. The van der Waals surface area contributed by atoms with Crippen LogP contribution in [0.4, 0.5) is 0 Å². The summed E-state index contributed by atoms with van der Waals surface area (Å²) in [5.41, 5.74) is 0. The van der Waals surface area contributed by atoms with E-state index in [4.69, 9.17) is 0 Å². The molecule has 0 aromatic heterocycles. The molecular formula is C72H144N2O2. The Labute approximate surface area is 480 Å². The molecule has 454 valence electrons. The fourth-order valence-corrected chi connectivity index (χ4v) is 11.0. The molecule has 76 heavy (non-hydrogen) atoms. The first-order valence-corrected chi connectivity index (χ1v) is 35.8. The van der Waals surface area contributed by atoms with Gasteiger partial charge < -0.3 is 10.6 Å². The number of carbonyl (C=O) groups excluding carboxylic acids is 2. The molecule has 4 nitrogen and oxygen atoms in total. The van der Waals surface area contributed by atoms with Gasteiger partial charge in [0.1, 0.15) is 0 Å². The van der Waals surface area contributed by atoms with Crippen molar-refractivity contribution in [3.05, 3.63) is 12.2 Å². The fourth-order valence-electron chi connectivity index (χ4n) is 11.0. The Morgan fingerprint density at radius 1 is 0.211 bits per heavy atom. The second-order valence-electron chi connectivity index (χ2n) is 24.3. The lowest BCUT2D eigenvalue weighted by Gasteiger charge is -2.06. The Bertz CT molecular complexity index is 1070. The van der Waals surface area contributed by atoms with Gasteiger partial charge in [-0.3, -0.25) is 9.59 Å². The first-order valence-electron chi connectivity index (χ1n) is 35.8. The zero-order valence-electron chi connectivity index (χ0n) is 53.2. The van der Waals surface area contributed by atoms with E-state index in [1.54, 1.807) is 0 Å². The normalized spacial score (nSPS) is 11.4. The summed E-state index contributed by atoms with van der Waals surface area (Å²) >= 11 is 0. The van der Waals surface area contributed by atoms with E-state index in [-0.39, 0.29) is 11.8 Å². The summed E-state index contributed by atoms with van der Waals surface area (Å²) in [5.74, 6) is 0.546. The standard InChI is InChI=1S/C36H73NO.C36H71NO/c2*1-3-5-7-9-11-13-15-17-19-21-23-25-27-29-31-33-35-37-36(38)34-32-30-28-26-24-22-20-18-16-14-12-10-8-6-4-2/h3-35H2,1-2H3,(H,37,38);18,20H,3-17,19,21-35H2,1-2H3,(H,37,38)/b;20-18-. The van der Waals surface area contributed by atoms with Gasteiger partial charge in [-0.15, -0.1) is 0 Å². The molecule has 2 amide bonds. The SMILES string of the molecule is CCCCCCCC/C=C\CCCCCCCC(=O)NCCCCCCCCCCCCCCCCCC.CCCCCCCCCCCCCCCCCCNC(=O)CCCCCCCCCCCCCCCCC. The smallest absolute Gasteiger partial charge is 0.219 e. The maximum absolute atomic E-state index is 12.0. The molecule has 0 rings (SSSR count). The average Bonchev–Trinajstić information content (AvgIpc) is 3.42. The van der Waals surface area contributed by atoms with Crippen LogP contribution in [0.1, 0.15) is 426 Å². The van der Waals surface area contributed by atoms with E-state index >= 15 is 0 Å². The predicted molar refractivity (Wildman–Crippen MR) is 344 cm³/mol. The third-order valence-electron chi connectivity index (χ3n) is 16.4. The fraction of sp³-hybridized carbons (Fsp3) is 0.944. The number of nitrogens with one attached hydrogen (secondary N) is 2. The zero-order valence-corrected chi connectivity index (χ0v) is 53.2. The first kappa shape index (κ1) is 76.7. The summed E-state index contributed by atoms with van der Waals surface area (Å²) in [4.78, 5) is 24.0. The molecular weight excluding hydrogens is 925 g/mol. The van der Waals surface area contributed by atoms with Crippen LogP contribution < -0.4 is 10.6 Å². The Morgan fingerprint density at radius 3 is 0.566 bits per heavy atom. The van der Waals surface area contributed by atoms with Crippen LogP contribution in [0.3, 0.4) is 0 Å². The highest BCUT2D eigenvalue weighted by atomic mass is 16.2. The van der Waals surface area contributed by atoms with Crippen molar-refractivity contribution in [1.82, 2.24) is 10.6 Å². The summed E-state index contributed by atoms with van der Waals surface area (Å²) in [6.07, 6.45) is 88.5. The molecule has 0 atom stereocenters. The van der Waals surface area contributed by atoms with Crippen molar-refractivity contribution >= 4 is 11.8 Å². The Hall–Kier alpha value is -1.32. The Morgan fingerprint density at radius 2 is 0.368 bits per heavy atom. The summed E-state index contributed by atoms with van der Waals surface area (Å²) in [6.45, 7) is 10.9. The molecule has 0 saturated carbocycles. The number of allylic oxidation sites excluding steroid dienone is 2. The van der Waals surface area contributed by atoms with Gasteiger partial charge >= 0.3 is 0 Å². The summed E-state index contributed by atoms with van der Waals surface area (Å²) in [7, 11) is 0. The van der Waals surface area contributed by atoms with Crippen LogP contribution in [0.2, 0.25) is 0 Å². The molecule has 0 aliphatic carbocycles. The molecule has 0 aliphatic heterocycles. The van der Waals surface area contributed by atoms with Crippen LogP contribution in [0, 0.1) is 0 Å². The second kappa shape index (κ2) is 73.7. The highest BCUT2D eigenvalue weighted by Gasteiger charge is 2.03. The van der Waals surface area contributed by atoms with Crippen molar-refractivity contribution in [2.75, 3.05) is 13.1 Å². The van der Waals surface area contributed by atoms with Gasteiger partial charge in [-0.2, -0.15) is 0 Å². The van der Waals surface area contributed by atoms with Gasteiger partial charge in [-0.25, -0.2) is 0 Å². The molecule has 0 unspecified atom stereocenters. The molecule has 0 spiro atoms. The van der Waals surface area contributed by atoms with E-state index in [0.717, 1.165) is 51.6 Å². The Kier molecular flexibility index (Phi) is 74.4. The van der Waals surface area contributed by atoms with Crippen LogP contribution in [-0.2, 0) is 9.59 Å². The molecule has 0 aromatic carbocycles. The van der Waals surface area contributed by atoms with Crippen LogP contribution in [0.25, 0.3) is 0 Å². The molecule has 4 heteroatoms. The van der Waals surface area contributed by atoms with E-state index in [9.17, 15) is 9.59 Å². The van der Waals surface area contributed by atoms with Crippen molar-refractivity contribution in [3.63, 3.8) is 0 Å². The number of amides is 2. The van der Waals surface area contributed by atoms with Gasteiger partial charge in [0.2, 0.25) is 11.8 Å². The largest absolute Gasteiger partial charge is 0.356 e. The third kappa shape index (κ3) is 74.8. The molecule has 0 heterocycles. The van der Waals surface area contributed by atoms with E-state index < -0.39 is 0 Å². The number of hydrogen-bond acceptors (Lipinski definition) is 2. The summed E-state index contributed by atoms with van der Waals surface area (Å²) in [6, 6.07) is 0. The molecule has 0 radical (unpaired) electrons. The van der Waals surface area contributed by atoms with Crippen LogP contribution in [0.15, 0.2) is 12.2 Å². The Balaban J connectivity index is 0. The highest BCUT2D eigenvalue weighted by molar-refractivity contribution is 5.76. The van der Waals surface area contributed by atoms with E-state index in [1.807, 2.05) is 0 Å². The van der Waals surface area contributed by atoms with Gasteiger partial charge in [0.25, 0.3) is 0 Å². The minimum Gasteiger partial charge on any atom is -0.356 e. The molecule has 0 saturated heterocycles. The number of carbonyl (C=O) groups is 2. The second-order valence-corrected chi connectivity index (χ2v) is 24.3. The lowest BCUT2D eigenvalue weighted by molar-refractivity contribution is -0.122. The average molecular weight is 1070 g/mol. The van der Waals surface area contributed by atoms with Crippen LogP contribution in [0.5, 0.6) is 0 Å². The van der Waals surface area contributed by atoms with Crippen molar-refractivity contribution < 1.29 is 9.59 Å². The predicted octanol–water partition coefficient (Wildman–Crippen LogP) is 25.0. The van der Waals surface area contributed by atoms with Crippen molar-refractivity contribution in [1.29, 1.82) is 0 Å². The van der Waals surface area contributed by atoms with E-state index in [2.05, 4.69) is 50.5 Å². The lowest BCUT2D eigenvalue weighted by atomic mass is 10.0. The molecule has 2 N–H and O–H groups in total. The van der Waals surface area contributed by atoms with Gasteiger partial charge in [-0.05, 0) is 51.4 Å². The molecule has 0 fully saturated rings. The molecule has 0 bridgehead atoms. The first-order chi connectivity index (χ1) is 37.6. The van der Waals surface area contributed by atoms with Crippen LogP contribution >= 0.6 is 0 Å². The zero-order chi connectivity index (χ0) is 55.2. The van der Waals surface area contributed by atoms with Gasteiger partial charge in [0.05, 0.1) is 0 Å². The highest BCUT2D eigenvalue weighted by Crippen LogP contribution is 2.18. The molecule has 0 aliphatic rings. The quantitative estimate of drug-likeness (QED) is 0.0471. The number of unbranched alkanes of at least 4 members (excludes halogenated alkanes) is 55. The molecule has 0 aromatic rings. The maximum Gasteiger partial charge on any atom is 0.219 e. The topological polar surface area (TPSA) is 58.2 Å². The number of hydrogen-bond donors (Lipinski definition) is 2. The van der Waals surface area contributed by atoms with Gasteiger partial charge in [-0.1, -0.05) is 374 Å². The maximum atomic E-state index is 12.0. The number of rotatable bonds is 65. The van der Waals surface area contributed by atoms with Crippen molar-refractivity contribution in [2.24, 2.45) is 0 Å². The van der Waals surface area contributed by atoms with E-state index in [1.165, 1.54) is 360 Å². The van der Waals surface area contributed by atoms with Crippen LogP contribution in [-0.4, -0.2) is 24.9 Å². The summed E-state index contributed by atoms with van der Waals surface area (Å²) in [5, 5.41) is 6.28. The summed E-state index contributed by atoms with van der Waals surface area (Å²) < 4.78 is 0. The third-order valence-corrected chi connectivity index (χ3v) is 16.4. The van der Waals surface area contributed by atoms with Crippen molar-refractivity contribution in [2.45, 2.75) is 426 Å². The lowest BCUT2D eigenvalue weighted by Crippen LogP contribution is -2.23. The van der Waals surface area contributed by atoms with Gasteiger partial charge in [0.15, 0.2) is 0 Å². The van der Waals surface area contributed by atoms with Gasteiger partial charge in [0, 0.05) is 25.9 Å². The van der Waals surface area contributed by atoms with Crippen molar-refractivity contribution in [3.8, 4) is 0 Å². The van der Waals surface area contributed by atoms with E-state index in [0.29, 0.717) is 0 Å². The minimum absolute atomic E-state index is 0.267. The monoisotopic (exact) mass is 1070 g/mol.